The van der Waals surface area contributed by atoms with Gasteiger partial charge in [-0.2, -0.15) is 0 Å². The normalized spacial score (nSPS) is 9.73. The van der Waals surface area contributed by atoms with E-state index in [0.29, 0.717) is 10.6 Å². The van der Waals surface area contributed by atoms with Crippen molar-refractivity contribution in [2.75, 3.05) is 6.54 Å². The van der Waals surface area contributed by atoms with E-state index >= 15 is 0 Å². The Morgan fingerprint density at radius 3 is 2.53 bits per heavy atom. The van der Waals surface area contributed by atoms with E-state index in [9.17, 15) is 9.59 Å². The van der Waals surface area contributed by atoms with Crippen LogP contribution in [-0.2, 0) is 4.79 Å². The van der Waals surface area contributed by atoms with Gasteiger partial charge in [0, 0.05) is 13.0 Å². The highest BCUT2D eigenvalue weighted by molar-refractivity contribution is 6.63. The molecule has 1 aromatic carbocycles. The number of rotatable bonds is 4. The van der Waals surface area contributed by atoms with Crippen molar-refractivity contribution < 1.29 is 9.59 Å². The lowest BCUT2D eigenvalue weighted by Crippen LogP contribution is -2.25. The van der Waals surface area contributed by atoms with Crippen LogP contribution in [0.5, 0.6) is 0 Å². The summed E-state index contributed by atoms with van der Waals surface area (Å²) in [5, 5.41) is 2.45. The zero-order valence-corrected chi connectivity index (χ0v) is 9.31. The van der Waals surface area contributed by atoms with Crippen LogP contribution in [-0.4, -0.2) is 17.7 Å². The molecule has 3 nitrogen and oxygen atoms in total. The van der Waals surface area contributed by atoms with E-state index in [1.807, 2.05) is 0 Å². The van der Waals surface area contributed by atoms with Crippen LogP contribution in [0.3, 0.4) is 0 Å². The van der Waals surface area contributed by atoms with E-state index in [1.54, 1.807) is 24.3 Å². The molecule has 0 saturated carbocycles. The van der Waals surface area contributed by atoms with Gasteiger partial charge in [-0.25, -0.2) is 0 Å². The molecule has 1 aromatic rings. The molecule has 15 heavy (non-hydrogen) atoms. The summed E-state index contributed by atoms with van der Waals surface area (Å²) in [6.45, 7) is 0.215. The molecule has 0 heterocycles. The van der Waals surface area contributed by atoms with Crippen LogP contribution in [0.4, 0.5) is 0 Å². The van der Waals surface area contributed by atoms with Gasteiger partial charge in [0.05, 0.1) is 10.6 Å². The maximum atomic E-state index is 11.5. The Balaban J connectivity index is 2.54. The van der Waals surface area contributed by atoms with Crippen molar-refractivity contribution in [3.05, 3.63) is 34.9 Å². The summed E-state index contributed by atoms with van der Waals surface area (Å²) in [7, 11) is 0. The van der Waals surface area contributed by atoms with Crippen LogP contribution in [0.25, 0.3) is 0 Å². The molecular formula is C10H9Cl2NO2. The molecule has 0 fully saturated rings. The van der Waals surface area contributed by atoms with Crippen molar-refractivity contribution in [1.29, 1.82) is 0 Å². The molecule has 5 heteroatoms. The first-order chi connectivity index (χ1) is 7.11. The largest absolute Gasteiger partial charge is 0.352 e. The summed E-state index contributed by atoms with van der Waals surface area (Å²) in [5.74, 6) is -0.307. The molecule has 80 valence electrons. The first kappa shape index (κ1) is 12.0. The molecule has 0 aliphatic carbocycles. The number of carbonyl (C=O) groups excluding carboxylic acids is 2. The van der Waals surface area contributed by atoms with E-state index in [-0.39, 0.29) is 18.9 Å². The minimum atomic E-state index is -0.477. The lowest BCUT2D eigenvalue weighted by molar-refractivity contribution is -0.111. The fourth-order valence-corrected chi connectivity index (χ4v) is 1.33. The number of hydrogen-bond acceptors (Lipinski definition) is 2. The minimum absolute atomic E-state index is 0.109. The molecule has 1 rings (SSSR count). The Labute approximate surface area is 97.4 Å². The Morgan fingerprint density at radius 1 is 1.27 bits per heavy atom. The van der Waals surface area contributed by atoms with E-state index in [0.717, 1.165) is 0 Å². The van der Waals surface area contributed by atoms with E-state index < -0.39 is 5.24 Å². The maximum absolute atomic E-state index is 11.5. The smallest absolute Gasteiger partial charge is 0.252 e. The third kappa shape index (κ3) is 3.90. The Bertz CT molecular complexity index is 379. The molecule has 1 N–H and O–H groups in total. The SMILES string of the molecule is O=C(Cl)CCNC(=O)c1ccccc1Cl. The molecule has 0 radical (unpaired) electrons. The lowest BCUT2D eigenvalue weighted by Gasteiger charge is -2.04. The van der Waals surface area contributed by atoms with Gasteiger partial charge in [-0.05, 0) is 23.7 Å². The van der Waals surface area contributed by atoms with Gasteiger partial charge < -0.3 is 5.32 Å². The van der Waals surface area contributed by atoms with Crippen molar-refractivity contribution in [3.63, 3.8) is 0 Å². The van der Waals surface area contributed by atoms with Gasteiger partial charge in [-0.1, -0.05) is 23.7 Å². The fraction of sp³-hybridized carbons (Fsp3) is 0.200. The second-order valence-corrected chi connectivity index (χ2v) is 3.67. The second kappa shape index (κ2) is 5.73. The third-order valence-electron chi connectivity index (χ3n) is 1.73. The van der Waals surface area contributed by atoms with Crippen molar-refractivity contribution in [1.82, 2.24) is 5.32 Å². The summed E-state index contributed by atoms with van der Waals surface area (Å²) in [6, 6.07) is 6.69. The first-order valence-corrected chi connectivity index (χ1v) is 5.08. The van der Waals surface area contributed by atoms with Gasteiger partial charge >= 0.3 is 0 Å². The number of amides is 1. The number of halogens is 2. The highest BCUT2D eigenvalue weighted by Gasteiger charge is 2.08. The molecule has 0 saturated heterocycles. The van der Waals surface area contributed by atoms with Gasteiger partial charge in [0.1, 0.15) is 0 Å². The van der Waals surface area contributed by atoms with E-state index in [4.69, 9.17) is 23.2 Å². The predicted octanol–water partition coefficient (Wildman–Crippen LogP) is 2.23. The van der Waals surface area contributed by atoms with Gasteiger partial charge in [0.2, 0.25) is 5.24 Å². The van der Waals surface area contributed by atoms with Crippen molar-refractivity contribution in [2.45, 2.75) is 6.42 Å². The van der Waals surface area contributed by atoms with Gasteiger partial charge in [-0.15, -0.1) is 0 Å². The molecule has 1 amide bonds. The minimum Gasteiger partial charge on any atom is -0.352 e. The standard InChI is InChI=1S/C10H9Cl2NO2/c11-8-4-2-1-3-7(8)10(15)13-6-5-9(12)14/h1-4H,5-6H2,(H,13,15). The molecule has 0 spiro atoms. The average Bonchev–Trinajstić information content (AvgIpc) is 2.17. The average molecular weight is 246 g/mol. The predicted molar refractivity (Wildman–Crippen MR) is 59.3 cm³/mol. The van der Waals surface area contributed by atoms with Gasteiger partial charge in [0.25, 0.3) is 5.91 Å². The molecule has 0 unspecified atom stereocenters. The summed E-state index contributed by atoms with van der Waals surface area (Å²) in [5.41, 5.74) is 0.390. The topological polar surface area (TPSA) is 46.2 Å². The highest BCUT2D eigenvalue weighted by atomic mass is 35.5. The van der Waals surface area contributed by atoms with Crippen molar-refractivity contribution >= 4 is 34.4 Å². The van der Waals surface area contributed by atoms with Crippen LogP contribution in [0.1, 0.15) is 16.8 Å². The zero-order valence-electron chi connectivity index (χ0n) is 7.80. The number of benzene rings is 1. The molecule has 0 bridgehead atoms. The quantitative estimate of drug-likeness (QED) is 0.828. The summed E-state index contributed by atoms with van der Waals surface area (Å²) in [4.78, 5) is 21.9. The van der Waals surface area contributed by atoms with Crippen LogP contribution < -0.4 is 5.32 Å². The monoisotopic (exact) mass is 245 g/mol. The Hall–Kier alpha value is -1.06. The number of nitrogens with one attached hydrogen (secondary N) is 1. The van der Waals surface area contributed by atoms with Crippen LogP contribution in [0, 0.1) is 0 Å². The molecule has 0 aromatic heterocycles. The molecule has 0 atom stereocenters. The van der Waals surface area contributed by atoms with Crippen LogP contribution in [0.15, 0.2) is 24.3 Å². The third-order valence-corrected chi connectivity index (χ3v) is 2.24. The number of hydrogen-bond donors (Lipinski definition) is 1. The van der Waals surface area contributed by atoms with Gasteiger partial charge in [0.15, 0.2) is 0 Å². The molecule has 0 aliphatic rings. The number of carbonyl (C=O) groups is 2. The van der Waals surface area contributed by atoms with E-state index in [1.165, 1.54) is 0 Å². The Morgan fingerprint density at radius 2 is 1.93 bits per heavy atom. The van der Waals surface area contributed by atoms with Gasteiger partial charge in [-0.3, -0.25) is 9.59 Å². The van der Waals surface area contributed by atoms with E-state index in [2.05, 4.69) is 5.32 Å². The summed E-state index contributed by atoms with van der Waals surface area (Å²) >= 11 is 10.9. The van der Waals surface area contributed by atoms with Crippen molar-refractivity contribution in [2.24, 2.45) is 0 Å². The zero-order chi connectivity index (χ0) is 11.3. The summed E-state index contributed by atoms with van der Waals surface area (Å²) < 4.78 is 0. The first-order valence-electron chi connectivity index (χ1n) is 4.32. The highest BCUT2D eigenvalue weighted by Crippen LogP contribution is 2.14. The van der Waals surface area contributed by atoms with Crippen molar-refractivity contribution in [3.8, 4) is 0 Å². The molecule has 0 aliphatic heterocycles. The lowest BCUT2D eigenvalue weighted by atomic mass is 10.2. The summed E-state index contributed by atoms with van der Waals surface area (Å²) in [6.07, 6.45) is 0.109. The Kier molecular flexibility index (Phi) is 4.59. The van der Waals surface area contributed by atoms with Crippen LogP contribution in [0.2, 0.25) is 5.02 Å². The maximum Gasteiger partial charge on any atom is 0.252 e. The fourth-order valence-electron chi connectivity index (χ4n) is 1.01. The second-order valence-electron chi connectivity index (χ2n) is 2.84. The molecular weight excluding hydrogens is 237 g/mol. The van der Waals surface area contributed by atoms with Crippen LogP contribution >= 0.6 is 23.2 Å².